The van der Waals surface area contributed by atoms with Crippen LogP contribution in [0.1, 0.15) is 15.9 Å². The van der Waals surface area contributed by atoms with Gasteiger partial charge in [0.2, 0.25) is 6.29 Å². The fourth-order valence-electron chi connectivity index (χ4n) is 2.93. The molecule has 0 saturated carbocycles. The van der Waals surface area contributed by atoms with E-state index < -0.39 is 43.3 Å². The van der Waals surface area contributed by atoms with E-state index in [0.717, 1.165) is 6.08 Å². The smallest absolute Gasteiger partial charge is 0.330 e. The normalized spacial score (nSPS) is 25.4. The molecule has 0 aromatic heterocycles. The van der Waals surface area contributed by atoms with Crippen LogP contribution in [-0.2, 0) is 14.3 Å². The molecule has 3 rings (SSSR count). The topological polar surface area (TPSA) is 163 Å². The summed E-state index contributed by atoms with van der Waals surface area (Å²) in [5.74, 6) is -1.20. The SMILES string of the molecule is O=Cc1ccc(OC2OC(COC(=O)/C=C/c3ccc(O)c(O)c3)C(O)C(O)C2O)cc1. The van der Waals surface area contributed by atoms with Crippen molar-refractivity contribution in [2.75, 3.05) is 6.61 Å². The van der Waals surface area contributed by atoms with Gasteiger partial charge >= 0.3 is 5.97 Å². The number of phenols is 2. The van der Waals surface area contributed by atoms with Crippen LogP contribution >= 0.6 is 0 Å². The molecule has 0 radical (unpaired) electrons. The Kier molecular flexibility index (Phi) is 7.44. The fraction of sp³-hybridized carbons (Fsp3) is 0.273. The summed E-state index contributed by atoms with van der Waals surface area (Å²) in [7, 11) is 0. The number of aromatic hydroxyl groups is 2. The number of hydrogen-bond acceptors (Lipinski definition) is 10. The lowest BCUT2D eigenvalue weighted by Crippen LogP contribution is -2.60. The standard InChI is InChI=1S/C22H22O10/c23-10-13-1-5-14(6-2-13)31-22-21(29)20(28)19(27)17(32-22)11-30-18(26)8-4-12-3-7-15(24)16(25)9-12/h1-10,17,19-22,24-25,27-29H,11H2/b8-4+. The van der Waals surface area contributed by atoms with E-state index in [9.17, 15) is 35.1 Å². The van der Waals surface area contributed by atoms with E-state index in [1.807, 2.05) is 0 Å². The van der Waals surface area contributed by atoms with E-state index in [0.29, 0.717) is 17.4 Å². The summed E-state index contributed by atoms with van der Waals surface area (Å²) in [6, 6.07) is 9.88. The van der Waals surface area contributed by atoms with Gasteiger partial charge in [0.15, 0.2) is 11.5 Å². The van der Waals surface area contributed by atoms with Gasteiger partial charge in [-0.2, -0.15) is 0 Å². The van der Waals surface area contributed by atoms with Crippen molar-refractivity contribution in [1.29, 1.82) is 0 Å². The molecule has 0 amide bonds. The van der Waals surface area contributed by atoms with Gasteiger partial charge < -0.3 is 39.7 Å². The Morgan fingerprint density at radius 3 is 2.28 bits per heavy atom. The molecule has 5 atom stereocenters. The van der Waals surface area contributed by atoms with Crippen LogP contribution < -0.4 is 4.74 Å². The summed E-state index contributed by atoms with van der Waals surface area (Å²) in [5, 5.41) is 49.1. The van der Waals surface area contributed by atoms with Crippen molar-refractivity contribution in [3.63, 3.8) is 0 Å². The lowest BCUT2D eigenvalue weighted by atomic mass is 9.99. The van der Waals surface area contributed by atoms with E-state index in [1.165, 1.54) is 48.5 Å². The number of carbonyl (C=O) groups excluding carboxylic acids is 2. The summed E-state index contributed by atoms with van der Waals surface area (Å²) in [6.07, 6.45) is -4.25. The third-order valence-corrected chi connectivity index (χ3v) is 4.74. The van der Waals surface area contributed by atoms with Gasteiger partial charge in [0.25, 0.3) is 0 Å². The van der Waals surface area contributed by atoms with Crippen LogP contribution in [0, 0.1) is 0 Å². The number of benzene rings is 2. The van der Waals surface area contributed by atoms with Crippen molar-refractivity contribution >= 4 is 18.3 Å². The van der Waals surface area contributed by atoms with E-state index in [4.69, 9.17) is 14.2 Å². The molecule has 0 aliphatic carbocycles. The van der Waals surface area contributed by atoms with Gasteiger partial charge in [0.05, 0.1) is 0 Å². The fourth-order valence-corrected chi connectivity index (χ4v) is 2.93. The second-order valence-electron chi connectivity index (χ2n) is 7.03. The molecule has 1 fully saturated rings. The minimum absolute atomic E-state index is 0.249. The zero-order valence-corrected chi connectivity index (χ0v) is 16.6. The molecule has 0 spiro atoms. The monoisotopic (exact) mass is 446 g/mol. The van der Waals surface area contributed by atoms with E-state index in [-0.39, 0.29) is 17.2 Å². The Morgan fingerprint density at radius 2 is 1.62 bits per heavy atom. The summed E-state index contributed by atoms with van der Waals surface area (Å²) in [4.78, 5) is 22.7. The first kappa shape index (κ1) is 23.2. The van der Waals surface area contributed by atoms with E-state index in [2.05, 4.69) is 0 Å². The van der Waals surface area contributed by atoms with Crippen molar-refractivity contribution in [2.45, 2.75) is 30.7 Å². The third kappa shape index (κ3) is 5.62. The number of aliphatic hydroxyl groups is 3. The van der Waals surface area contributed by atoms with Gasteiger partial charge in [-0.15, -0.1) is 0 Å². The molecule has 10 nitrogen and oxygen atoms in total. The van der Waals surface area contributed by atoms with Crippen LogP contribution in [0.4, 0.5) is 0 Å². The number of rotatable bonds is 7. The molecule has 1 heterocycles. The Bertz CT molecular complexity index is 971. The Labute approximate surface area is 182 Å². The predicted molar refractivity (Wildman–Crippen MR) is 109 cm³/mol. The molecule has 1 aliphatic rings. The van der Waals surface area contributed by atoms with E-state index >= 15 is 0 Å². The van der Waals surface area contributed by atoms with Gasteiger partial charge in [-0.25, -0.2) is 4.79 Å². The minimum Gasteiger partial charge on any atom is -0.504 e. The molecule has 1 aliphatic heterocycles. The molecule has 1 saturated heterocycles. The minimum atomic E-state index is -1.62. The molecule has 32 heavy (non-hydrogen) atoms. The predicted octanol–water partition coefficient (Wildman–Crippen LogP) is 0.353. The van der Waals surface area contributed by atoms with Crippen molar-refractivity contribution < 1.29 is 49.3 Å². The largest absolute Gasteiger partial charge is 0.504 e. The molecule has 0 bridgehead atoms. The number of hydrogen-bond donors (Lipinski definition) is 5. The van der Waals surface area contributed by atoms with Crippen molar-refractivity contribution in [3.05, 3.63) is 59.7 Å². The zero-order chi connectivity index (χ0) is 23.3. The highest BCUT2D eigenvalue weighted by atomic mass is 16.7. The average Bonchev–Trinajstić information content (AvgIpc) is 2.79. The summed E-state index contributed by atoms with van der Waals surface area (Å²) in [5.41, 5.74) is 0.845. The number of aldehydes is 1. The number of carbonyl (C=O) groups is 2. The van der Waals surface area contributed by atoms with Crippen molar-refractivity contribution in [2.24, 2.45) is 0 Å². The Hall–Kier alpha value is -3.44. The maximum Gasteiger partial charge on any atom is 0.330 e. The first-order valence-corrected chi connectivity index (χ1v) is 9.57. The van der Waals surface area contributed by atoms with E-state index in [1.54, 1.807) is 0 Å². The lowest BCUT2D eigenvalue weighted by molar-refractivity contribution is -0.278. The van der Waals surface area contributed by atoms with Crippen LogP contribution in [0.2, 0.25) is 0 Å². The number of phenolic OH excluding ortho intramolecular Hbond substituents is 2. The lowest BCUT2D eigenvalue weighted by Gasteiger charge is -2.39. The number of ether oxygens (including phenoxy) is 3. The average molecular weight is 446 g/mol. The summed E-state index contributed by atoms with van der Waals surface area (Å²) in [6.45, 7) is -0.446. The Balaban J connectivity index is 1.59. The molecule has 5 unspecified atom stereocenters. The molecular formula is C22H22O10. The molecule has 5 N–H and O–H groups in total. The van der Waals surface area contributed by atoms with Gasteiger partial charge in [0.1, 0.15) is 43.1 Å². The van der Waals surface area contributed by atoms with Crippen LogP contribution in [0.5, 0.6) is 17.2 Å². The highest BCUT2D eigenvalue weighted by Gasteiger charge is 2.45. The highest BCUT2D eigenvalue weighted by molar-refractivity contribution is 5.87. The first-order chi connectivity index (χ1) is 15.3. The molecule has 2 aromatic rings. The maximum absolute atomic E-state index is 12.0. The van der Waals surface area contributed by atoms with Crippen LogP contribution in [0.3, 0.4) is 0 Å². The van der Waals surface area contributed by atoms with Crippen molar-refractivity contribution in [1.82, 2.24) is 0 Å². The molecular weight excluding hydrogens is 424 g/mol. The first-order valence-electron chi connectivity index (χ1n) is 9.57. The second-order valence-corrected chi connectivity index (χ2v) is 7.03. The van der Waals surface area contributed by atoms with Gasteiger partial charge in [-0.05, 0) is 48.0 Å². The van der Waals surface area contributed by atoms with Gasteiger partial charge in [0, 0.05) is 11.6 Å². The highest BCUT2D eigenvalue weighted by Crippen LogP contribution is 2.26. The zero-order valence-electron chi connectivity index (χ0n) is 16.6. The maximum atomic E-state index is 12.0. The second kappa shape index (κ2) is 10.2. The van der Waals surface area contributed by atoms with Gasteiger partial charge in [-0.3, -0.25) is 4.79 Å². The quantitative estimate of drug-likeness (QED) is 0.174. The number of aliphatic hydroxyl groups excluding tert-OH is 3. The molecule has 2 aromatic carbocycles. The number of esters is 1. The Morgan fingerprint density at radius 1 is 0.938 bits per heavy atom. The van der Waals surface area contributed by atoms with Crippen LogP contribution in [-0.4, -0.2) is 75.1 Å². The van der Waals surface area contributed by atoms with Crippen LogP contribution in [0.15, 0.2) is 48.5 Å². The molecule has 170 valence electrons. The summed E-state index contributed by atoms with van der Waals surface area (Å²) < 4.78 is 16.0. The summed E-state index contributed by atoms with van der Waals surface area (Å²) >= 11 is 0. The van der Waals surface area contributed by atoms with Crippen LogP contribution in [0.25, 0.3) is 6.08 Å². The van der Waals surface area contributed by atoms with Crippen molar-refractivity contribution in [3.8, 4) is 17.2 Å². The van der Waals surface area contributed by atoms with Gasteiger partial charge in [-0.1, -0.05) is 6.07 Å². The molecule has 10 heteroatoms. The third-order valence-electron chi connectivity index (χ3n) is 4.74.